The van der Waals surface area contributed by atoms with Gasteiger partial charge in [0.2, 0.25) is 5.91 Å². The fourth-order valence-electron chi connectivity index (χ4n) is 1.71. The standard InChI is InChI=1S/C12H19N3O/c1-4-5-9(2)12(16)15(3)11-6-7-14-8-10(11)13/h6-9H,4-5,13H2,1-3H3. The number of hydrogen-bond acceptors (Lipinski definition) is 3. The number of aromatic nitrogens is 1. The summed E-state index contributed by atoms with van der Waals surface area (Å²) in [7, 11) is 1.75. The van der Waals surface area contributed by atoms with E-state index in [-0.39, 0.29) is 11.8 Å². The minimum atomic E-state index is 0.0302. The molecule has 0 aliphatic rings. The summed E-state index contributed by atoms with van der Waals surface area (Å²) >= 11 is 0. The van der Waals surface area contributed by atoms with Crippen molar-refractivity contribution in [3.8, 4) is 0 Å². The number of rotatable bonds is 4. The lowest BCUT2D eigenvalue weighted by molar-refractivity contribution is -0.121. The van der Waals surface area contributed by atoms with Crippen LogP contribution in [0.3, 0.4) is 0 Å². The van der Waals surface area contributed by atoms with E-state index in [1.165, 1.54) is 0 Å². The van der Waals surface area contributed by atoms with E-state index in [0.29, 0.717) is 5.69 Å². The van der Waals surface area contributed by atoms with Crippen LogP contribution in [0.5, 0.6) is 0 Å². The monoisotopic (exact) mass is 221 g/mol. The lowest BCUT2D eigenvalue weighted by Gasteiger charge is -2.22. The van der Waals surface area contributed by atoms with Gasteiger partial charge in [-0.3, -0.25) is 9.78 Å². The van der Waals surface area contributed by atoms with Crippen LogP contribution in [-0.2, 0) is 4.79 Å². The van der Waals surface area contributed by atoms with E-state index in [2.05, 4.69) is 11.9 Å². The van der Waals surface area contributed by atoms with Crippen LogP contribution < -0.4 is 10.6 Å². The van der Waals surface area contributed by atoms with Gasteiger partial charge in [0.05, 0.1) is 17.6 Å². The van der Waals surface area contributed by atoms with Crippen molar-refractivity contribution in [1.82, 2.24) is 4.98 Å². The summed E-state index contributed by atoms with van der Waals surface area (Å²) in [6.07, 6.45) is 5.10. The van der Waals surface area contributed by atoms with Crippen molar-refractivity contribution in [3.63, 3.8) is 0 Å². The maximum absolute atomic E-state index is 12.0. The highest BCUT2D eigenvalue weighted by atomic mass is 16.2. The smallest absolute Gasteiger partial charge is 0.229 e. The zero-order chi connectivity index (χ0) is 12.1. The largest absolute Gasteiger partial charge is 0.396 e. The molecule has 1 atom stereocenters. The van der Waals surface area contributed by atoms with Gasteiger partial charge in [0.25, 0.3) is 0 Å². The second-order valence-corrected chi connectivity index (χ2v) is 4.02. The van der Waals surface area contributed by atoms with E-state index in [4.69, 9.17) is 5.73 Å². The molecular formula is C12H19N3O. The van der Waals surface area contributed by atoms with Gasteiger partial charge in [-0.25, -0.2) is 0 Å². The number of hydrogen-bond donors (Lipinski definition) is 1. The number of amides is 1. The van der Waals surface area contributed by atoms with E-state index in [1.807, 2.05) is 6.92 Å². The van der Waals surface area contributed by atoms with Gasteiger partial charge in [-0.1, -0.05) is 20.3 Å². The Bertz CT molecular complexity index is 365. The van der Waals surface area contributed by atoms with Gasteiger partial charge in [-0.05, 0) is 12.5 Å². The predicted octanol–water partition coefficient (Wildman–Crippen LogP) is 2.06. The average Bonchev–Trinajstić information content (AvgIpc) is 2.28. The van der Waals surface area contributed by atoms with Crippen molar-refractivity contribution in [2.45, 2.75) is 26.7 Å². The van der Waals surface area contributed by atoms with Crippen LogP contribution in [-0.4, -0.2) is 17.9 Å². The van der Waals surface area contributed by atoms with Crippen molar-refractivity contribution < 1.29 is 4.79 Å². The summed E-state index contributed by atoms with van der Waals surface area (Å²) < 4.78 is 0. The maximum Gasteiger partial charge on any atom is 0.229 e. The Morgan fingerprint density at radius 1 is 1.62 bits per heavy atom. The number of carbonyl (C=O) groups excluding carboxylic acids is 1. The molecule has 1 rings (SSSR count). The summed E-state index contributed by atoms with van der Waals surface area (Å²) in [5.74, 6) is 0.127. The molecule has 16 heavy (non-hydrogen) atoms. The third kappa shape index (κ3) is 2.72. The molecule has 0 bridgehead atoms. The Kier molecular flexibility index (Phi) is 4.28. The molecule has 1 unspecified atom stereocenters. The second-order valence-electron chi connectivity index (χ2n) is 4.02. The maximum atomic E-state index is 12.0. The van der Waals surface area contributed by atoms with Gasteiger partial charge in [0.15, 0.2) is 0 Å². The third-order valence-corrected chi connectivity index (χ3v) is 2.66. The molecule has 88 valence electrons. The number of pyridine rings is 1. The normalized spacial score (nSPS) is 12.2. The molecule has 1 amide bonds. The van der Waals surface area contributed by atoms with Gasteiger partial charge in [0.1, 0.15) is 0 Å². The van der Waals surface area contributed by atoms with Gasteiger partial charge >= 0.3 is 0 Å². The molecule has 0 saturated heterocycles. The first-order chi connectivity index (χ1) is 7.57. The highest BCUT2D eigenvalue weighted by Gasteiger charge is 2.19. The topological polar surface area (TPSA) is 59.2 Å². The average molecular weight is 221 g/mol. The van der Waals surface area contributed by atoms with Crippen LogP contribution in [0.2, 0.25) is 0 Å². The Labute approximate surface area is 96.5 Å². The Balaban J connectivity index is 2.82. The second kappa shape index (κ2) is 5.49. The lowest BCUT2D eigenvalue weighted by Crippen LogP contribution is -2.32. The van der Waals surface area contributed by atoms with Crippen molar-refractivity contribution in [1.29, 1.82) is 0 Å². The highest BCUT2D eigenvalue weighted by molar-refractivity contribution is 5.96. The van der Waals surface area contributed by atoms with E-state index in [9.17, 15) is 4.79 Å². The van der Waals surface area contributed by atoms with Crippen molar-refractivity contribution >= 4 is 17.3 Å². The molecule has 1 aromatic heterocycles. The first-order valence-corrected chi connectivity index (χ1v) is 5.55. The molecule has 0 aromatic carbocycles. The molecule has 1 heterocycles. The molecule has 0 spiro atoms. The van der Waals surface area contributed by atoms with Gasteiger partial charge in [0, 0.05) is 19.2 Å². The molecular weight excluding hydrogens is 202 g/mol. The van der Waals surface area contributed by atoms with Crippen LogP contribution in [0.4, 0.5) is 11.4 Å². The summed E-state index contributed by atoms with van der Waals surface area (Å²) in [5, 5.41) is 0. The lowest BCUT2D eigenvalue weighted by atomic mass is 10.0. The Morgan fingerprint density at radius 3 is 2.88 bits per heavy atom. The van der Waals surface area contributed by atoms with Crippen molar-refractivity contribution in [3.05, 3.63) is 18.5 Å². The molecule has 0 fully saturated rings. The van der Waals surface area contributed by atoms with Gasteiger partial charge in [-0.2, -0.15) is 0 Å². The molecule has 0 aliphatic heterocycles. The van der Waals surface area contributed by atoms with Crippen LogP contribution >= 0.6 is 0 Å². The fourth-order valence-corrected chi connectivity index (χ4v) is 1.71. The predicted molar refractivity (Wildman–Crippen MR) is 66.1 cm³/mol. The van der Waals surface area contributed by atoms with Gasteiger partial charge < -0.3 is 10.6 Å². The first-order valence-electron chi connectivity index (χ1n) is 5.55. The van der Waals surface area contributed by atoms with Crippen LogP contribution in [0.15, 0.2) is 18.5 Å². The highest BCUT2D eigenvalue weighted by Crippen LogP contribution is 2.22. The van der Waals surface area contributed by atoms with E-state index >= 15 is 0 Å². The molecule has 0 radical (unpaired) electrons. The van der Waals surface area contributed by atoms with Crippen LogP contribution in [0, 0.1) is 5.92 Å². The minimum Gasteiger partial charge on any atom is -0.396 e. The zero-order valence-corrected chi connectivity index (χ0v) is 10.1. The molecule has 0 saturated carbocycles. The van der Waals surface area contributed by atoms with Crippen molar-refractivity contribution in [2.24, 2.45) is 5.92 Å². The summed E-state index contributed by atoms with van der Waals surface area (Å²) in [6.45, 7) is 4.02. The quantitative estimate of drug-likeness (QED) is 0.846. The zero-order valence-electron chi connectivity index (χ0n) is 10.1. The van der Waals surface area contributed by atoms with Gasteiger partial charge in [-0.15, -0.1) is 0 Å². The number of carbonyl (C=O) groups is 1. The summed E-state index contributed by atoms with van der Waals surface area (Å²) in [6, 6.07) is 1.76. The van der Waals surface area contributed by atoms with E-state index in [1.54, 1.807) is 30.4 Å². The number of nitrogens with two attached hydrogens (primary N) is 1. The number of nitrogens with zero attached hydrogens (tertiary/aromatic N) is 2. The molecule has 0 aliphatic carbocycles. The number of anilines is 2. The third-order valence-electron chi connectivity index (χ3n) is 2.66. The molecule has 1 aromatic rings. The number of nitrogen functional groups attached to an aromatic ring is 1. The minimum absolute atomic E-state index is 0.0302. The van der Waals surface area contributed by atoms with E-state index < -0.39 is 0 Å². The molecule has 4 nitrogen and oxygen atoms in total. The SMILES string of the molecule is CCCC(C)C(=O)N(C)c1ccncc1N. The van der Waals surface area contributed by atoms with E-state index in [0.717, 1.165) is 18.5 Å². The Hall–Kier alpha value is -1.58. The van der Waals surface area contributed by atoms with Crippen molar-refractivity contribution in [2.75, 3.05) is 17.7 Å². The summed E-state index contributed by atoms with van der Waals surface area (Å²) in [4.78, 5) is 17.5. The molecule has 4 heteroatoms. The Morgan fingerprint density at radius 2 is 2.31 bits per heavy atom. The summed E-state index contributed by atoms with van der Waals surface area (Å²) in [5.41, 5.74) is 7.03. The molecule has 2 N–H and O–H groups in total. The fraction of sp³-hybridized carbons (Fsp3) is 0.500. The van der Waals surface area contributed by atoms with Crippen LogP contribution in [0.25, 0.3) is 0 Å². The van der Waals surface area contributed by atoms with Crippen LogP contribution in [0.1, 0.15) is 26.7 Å². The first kappa shape index (κ1) is 12.5.